The molecule has 0 atom stereocenters. The number of rotatable bonds is 4. The fourth-order valence-corrected chi connectivity index (χ4v) is 3.03. The van der Waals surface area contributed by atoms with Crippen molar-refractivity contribution in [3.8, 4) is 11.3 Å². The maximum absolute atomic E-state index is 12.4. The highest BCUT2D eigenvalue weighted by molar-refractivity contribution is 5.80. The van der Waals surface area contributed by atoms with Gasteiger partial charge in [0, 0.05) is 17.5 Å². The third-order valence-corrected chi connectivity index (χ3v) is 4.30. The number of carbonyl (C=O) groups excluding carboxylic acids is 1. The Morgan fingerprint density at radius 3 is 2.50 bits per heavy atom. The number of aromatic nitrogens is 2. The summed E-state index contributed by atoms with van der Waals surface area (Å²) in [5.41, 5.74) is 1.45. The number of hydrogen-bond acceptors (Lipinski definition) is 3. The Morgan fingerprint density at radius 2 is 1.77 bits per heavy atom. The van der Waals surface area contributed by atoms with E-state index in [4.69, 9.17) is 0 Å². The molecule has 0 saturated heterocycles. The van der Waals surface area contributed by atoms with E-state index in [2.05, 4.69) is 5.10 Å². The van der Waals surface area contributed by atoms with Crippen LogP contribution in [0.25, 0.3) is 11.3 Å². The maximum Gasteiger partial charge on any atom is 0.267 e. The van der Waals surface area contributed by atoms with Crippen LogP contribution in [0.15, 0.2) is 47.3 Å². The summed E-state index contributed by atoms with van der Waals surface area (Å²) < 4.78 is 1.30. The molecule has 0 N–H and O–H groups in total. The average molecular weight is 296 g/mol. The first kappa shape index (κ1) is 14.7. The lowest BCUT2D eigenvalue weighted by Crippen LogP contribution is -2.30. The van der Waals surface area contributed by atoms with Crippen LogP contribution < -0.4 is 5.56 Å². The third-order valence-electron chi connectivity index (χ3n) is 4.30. The van der Waals surface area contributed by atoms with E-state index in [0.717, 1.165) is 36.9 Å². The van der Waals surface area contributed by atoms with Gasteiger partial charge >= 0.3 is 0 Å². The van der Waals surface area contributed by atoms with E-state index in [1.807, 2.05) is 30.3 Å². The molecule has 0 amide bonds. The second-order valence-corrected chi connectivity index (χ2v) is 5.88. The summed E-state index contributed by atoms with van der Waals surface area (Å²) in [6, 6.07) is 12.9. The molecule has 1 aromatic carbocycles. The number of carbonyl (C=O) groups is 1. The van der Waals surface area contributed by atoms with Gasteiger partial charge < -0.3 is 0 Å². The van der Waals surface area contributed by atoms with E-state index < -0.39 is 0 Å². The molecule has 114 valence electrons. The van der Waals surface area contributed by atoms with Crippen LogP contribution in [-0.4, -0.2) is 15.6 Å². The van der Waals surface area contributed by atoms with E-state index in [9.17, 15) is 9.59 Å². The molecule has 0 bridgehead atoms. The Bertz CT molecular complexity index is 701. The van der Waals surface area contributed by atoms with E-state index in [1.165, 1.54) is 17.2 Å². The first-order valence-corrected chi connectivity index (χ1v) is 7.90. The van der Waals surface area contributed by atoms with Gasteiger partial charge in [-0.05, 0) is 18.9 Å². The van der Waals surface area contributed by atoms with Gasteiger partial charge in [0.05, 0.1) is 5.69 Å². The van der Waals surface area contributed by atoms with Gasteiger partial charge in [-0.3, -0.25) is 9.59 Å². The van der Waals surface area contributed by atoms with Crippen molar-refractivity contribution in [2.24, 2.45) is 5.92 Å². The molecule has 1 saturated carbocycles. The molecule has 3 rings (SSSR count). The Balaban J connectivity index is 1.81. The van der Waals surface area contributed by atoms with Gasteiger partial charge in [-0.1, -0.05) is 49.6 Å². The Morgan fingerprint density at radius 1 is 1.05 bits per heavy atom. The topological polar surface area (TPSA) is 52.0 Å². The first-order valence-electron chi connectivity index (χ1n) is 7.90. The summed E-state index contributed by atoms with van der Waals surface area (Å²) in [6.45, 7) is 0.0875. The van der Waals surface area contributed by atoms with Crippen molar-refractivity contribution in [1.29, 1.82) is 0 Å². The minimum Gasteiger partial charge on any atom is -0.297 e. The Kier molecular flexibility index (Phi) is 4.47. The summed E-state index contributed by atoms with van der Waals surface area (Å²) in [6.07, 6.45) is 5.34. The van der Waals surface area contributed by atoms with Gasteiger partial charge in [0.25, 0.3) is 5.56 Å². The zero-order valence-corrected chi connectivity index (χ0v) is 12.6. The molecule has 0 aliphatic heterocycles. The van der Waals surface area contributed by atoms with Crippen LogP contribution in [0.2, 0.25) is 0 Å². The Labute approximate surface area is 129 Å². The summed E-state index contributed by atoms with van der Waals surface area (Å²) >= 11 is 0. The smallest absolute Gasteiger partial charge is 0.267 e. The van der Waals surface area contributed by atoms with Crippen molar-refractivity contribution >= 4 is 5.78 Å². The van der Waals surface area contributed by atoms with Crippen LogP contribution in [0.4, 0.5) is 0 Å². The number of Topliss-reactive ketones (excluding diaryl/α,β-unsaturated/α-hetero) is 1. The van der Waals surface area contributed by atoms with E-state index in [1.54, 1.807) is 6.07 Å². The molecule has 1 fully saturated rings. The molecule has 0 unspecified atom stereocenters. The van der Waals surface area contributed by atoms with Crippen LogP contribution in [0, 0.1) is 5.92 Å². The highest BCUT2D eigenvalue weighted by Gasteiger charge is 2.21. The van der Waals surface area contributed by atoms with Gasteiger partial charge in [0.15, 0.2) is 5.78 Å². The zero-order valence-electron chi connectivity index (χ0n) is 12.6. The van der Waals surface area contributed by atoms with Crippen LogP contribution >= 0.6 is 0 Å². The fraction of sp³-hybridized carbons (Fsp3) is 0.389. The molecule has 1 aromatic heterocycles. The average Bonchev–Trinajstić information content (AvgIpc) is 2.58. The van der Waals surface area contributed by atoms with E-state index in [-0.39, 0.29) is 23.8 Å². The molecule has 4 nitrogen and oxygen atoms in total. The number of nitrogens with zero attached hydrogens (tertiary/aromatic N) is 2. The maximum atomic E-state index is 12.4. The second kappa shape index (κ2) is 6.69. The van der Waals surface area contributed by atoms with Gasteiger partial charge in [-0.15, -0.1) is 0 Å². The molecule has 0 spiro atoms. The van der Waals surface area contributed by atoms with Crippen molar-refractivity contribution in [3.05, 3.63) is 52.8 Å². The van der Waals surface area contributed by atoms with Crippen molar-refractivity contribution in [2.45, 2.75) is 38.6 Å². The first-order chi connectivity index (χ1) is 10.7. The van der Waals surface area contributed by atoms with Gasteiger partial charge in [0.2, 0.25) is 0 Å². The molecule has 1 heterocycles. The predicted octanol–water partition coefficient (Wildman–Crippen LogP) is 3.06. The molecular formula is C18H20N2O2. The molecule has 1 aliphatic rings. The highest BCUT2D eigenvalue weighted by atomic mass is 16.1. The molecular weight excluding hydrogens is 276 g/mol. The number of hydrogen-bond donors (Lipinski definition) is 0. The SMILES string of the molecule is O=C(Cn1nc(-c2ccccc2)ccc1=O)C1CCCCC1. The summed E-state index contributed by atoms with van der Waals surface area (Å²) in [4.78, 5) is 24.3. The second-order valence-electron chi connectivity index (χ2n) is 5.88. The molecule has 2 aromatic rings. The third kappa shape index (κ3) is 3.32. The van der Waals surface area contributed by atoms with Crippen molar-refractivity contribution in [2.75, 3.05) is 0 Å². The van der Waals surface area contributed by atoms with Crippen molar-refractivity contribution in [3.63, 3.8) is 0 Å². The van der Waals surface area contributed by atoms with Gasteiger partial charge in [-0.2, -0.15) is 5.10 Å². The lowest BCUT2D eigenvalue weighted by molar-refractivity contribution is -0.124. The van der Waals surface area contributed by atoms with Crippen molar-refractivity contribution in [1.82, 2.24) is 9.78 Å². The van der Waals surface area contributed by atoms with Crippen LogP contribution in [-0.2, 0) is 11.3 Å². The van der Waals surface area contributed by atoms with E-state index in [0.29, 0.717) is 0 Å². The molecule has 4 heteroatoms. The summed E-state index contributed by atoms with van der Waals surface area (Å²) in [7, 11) is 0. The van der Waals surface area contributed by atoms with Crippen LogP contribution in [0.1, 0.15) is 32.1 Å². The quantitative estimate of drug-likeness (QED) is 0.871. The summed E-state index contributed by atoms with van der Waals surface area (Å²) in [5, 5.41) is 4.36. The lowest BCUT2D eigenvalue weighted by Gasteiger charge is -2.20. The largest absolute Gasteiger partial charge is 0.297 e. The molecule has 1 aliphatic carbocycles. The zero-order chi connectivity index (χ0) is 15.4. The minimum atomic E-state index is -0.219. The Hall–Kier alpha value is -2.23. The monoisotopic (exact) mass is 296 g/mol. The van der Waals surface area contributed by atoms with Gasteiger partial charge in [-0.25, -0.2) is 4.68 Å². The lowest BCUT2D eigenvalue weighted by atomic mass is 9.86. The highest BCUT2D eigenvalue weighted by Crippen LogP contribution is 2.24. The minimum absolute atomic E-state index is 0.0875. The standard InChI is InChI=1S/C18H20N2O2/c21-17(15-9-5-2-6-10-15)13-20-18(22)12-11-16(19-20)14-7-3-1-4-8-14/h1,3-4,7-8,11-12,15H,2,5-6,9-10,13H2. The molecule has 0 radical (unpaired) electrons. The van der Waals surface area contributed by atoms with Crippen molar-refractivity contribution < 1.29 is 4.79 Å². The normalized spacial score (nSPS) is 15.6. The van der Waals surface area contributed by atoms with E-state index >= 15 is 0 Å². The van der Waals surface area contributed by atoms with Crippen LogP contribution in [0.3, 0.4) is 0 Å². The number of benzene rings is 1. The fourth-order valence-electron chi connectivity index (χ4n) is 3.03. The van der Waals surface area contributed by atoms with Gasteiger partial charge in [0.1, 0.15) is 6.54 Å². The predicted molar refractivity (Wildman–Crippen MR) is 85.5 cm³/mol. The van der Waals surface area contributed by atoms with Crippen LogP contribution in [0.5, 0.6) is 0 Å². The summed E-state index contributed by atoms with van der Waals surface area (Å²) in [5.74, 6) is 0.238. The molecule has 22 heavy (non-hydrogen) atoms. The number of ketones is 1.